The summed E-state index contributed by atoms with van der Waals surface area (Å²) in [6, 6.07) is 6.05. The molecule has 2 nitrogen and oxygen atoms in total. The Balaban J connectivity index is 2.97. The minimum Gasteiger partial charge on any atom is -0.481 e. The molecule has 0 saturated carbocycles. The second kappa shape index (κ2) is 5.23. The van der Waals surface area contributed by atoms with Crippen molar-refractivity contribution in [3.8, 4) is 0 Å². The molecule has 0 radical (unpaired) electrons. The quantitative estimate of drug-likeness (QED) is 0.859. The third-order valence-electron chi connectivity index (χ3n) is 2.39. The first-order valence-corrected chi connectivity index (χ1v) is 6.94. The number of benzene rings is 1. The molecule has 0 heterocycles. The van der Waals surface area contributed by atoms with Crippen LogP contribution in [0.4, 0.5) is 0 Å². The van der Waals surface area contributed by atoms with E-state index >= 15 is 0 Å². The minimum atomic E-state index is -0.766. The van der Waals surface area contributed by atoms with Crippen molar-refractivity contribution in [2.45, 2.75) is 25.2 Å². The Hall–Kier alpha value is -0.480. The molecule has 16 heavy (non-hydrogen) atoms. The summed E-state index contributed by atoms with van der Waals surface area (Å²) in [7, 11) is 0. The highest BCUT2D eigenvalue weighted by molar-refractivity contribution is 9.10. The molecule has 0 aliphatic carbocycles. The van der Waals surface area contributed by atoms with Crippen LogP contribution >= 0.6 is 27.7 Å². The van der Waals surface area contributed by atoms with Crippen LogP contribution in [0.15, 0.2) is 27.6 Å². The molecule has 0 aliphatic rings. The zero-order valence-electron chi connectivity index (χ0n) is 9.58. The second-order valence-electron chi connectivity index (χ2n) is 4.37. The number of aliphatic carboxylic acids is 1. The zero-order chi connectivity index (χ0) is 12.3. The SMILES string of the molecule is CSc1cc(Br)cc(CC(C)(C)C(=O)O)c1. The van der Waals surface area contributed by atoms with Gasteiger partial charge in [-0.05, 0) is 50.3 Å². The van der Waals surface area contributed by atoms with E-state index < -0.39 is 11.4 Å². The lowest BCUT2D eigenvalue weighted by atomic mass is 9.86. The van der Waals surface area contributed by atoms with E-state index in [0.717, 1.165) is 14.9 Å². The van der Waals surface area contributed by atoms with E-state index in [4.69, 9.17) is 5.11 Å². The fourth-order valence-corrected chi connectivity index (χ4v) is 2.63. The monoisotopic (exact) mass is 302 g/mol. The zero-order valence-corrected chi connectivity index (χ0v) is 12.0. The first-order valence-electron chi connectivity index (χ1n) is 4.92. The van der Waals surface area contributed by atoms with Gasteiger partial charge in [-0.15, -0.1) is 11.8 Å². The number of thioether (sulfide) groups is 1. The lowest BCUT2D eigenvalue weighted by Crippen LogP contribution is -2.26. The molecule has 1 aromatic carbocycles. The van der Waals surface area contributed by atoms with Crippen LogP contribution in [0.3, 0.4) is 0 Å². The number of carboxylic acids is 1. The average Bonchev–Trinajstić information content (AvgIpc) is 2.15. The maximum Gasteiger partial charge on any atom is 0.309 e. The first-order chi connectivity index (χ1) is 7.35. The molecule has 1 aromatic rings. The van der Waals surface area contributed by atoms with Gasteiger partial charge in [0, 0.05) is 9.37 Å². The smallest absolute Gasteiger partial charge is 0.309 e. The van der Waals surface area contributed by atoms with Crippen LogP contribution in [-0.2, 0) is 11.2 Å². The van der Waals surface area contributed by atoms with E-state index in [2.05, 4.69) is 15.9 Å². The topological polar surface area (TPSA) is 37.3 Å². The molecule has 88 valence electrons. The molecule has 0 unspecified atom stereocenters. The Bertz CT molecular complexity index is 402. The van der Waals surface area contributed by atoms with Crippen LogP contribution in [-0.4, -0.2) is 17.3 Å². The molecule has 1 N–H and O–H groups in total. The summed E-state index contributed by atoms with van der Waals surface area (Å²) < 4.78 is 0.996. The summed E-state index contributed by atoms with van der Waals surface area (Å²) in [6.07, 6.45) is 2.54. The van der Waals surface area contributed by atoms with Crippen LogP contribution in [0.1, 0.15) is 19.4 Å². The molecule has 0 saturated heterocycles. The van der Waals surface area contributed by atoms with Crippen molar-refractivity contribution in [1.29, 1.82) is 0 Å². The van der Waals surface area contributed by atoms with Crippen LogP contribution < -0.4 is 0 Å². The average molecular weight is 303 g/mol. The van der Waals surface area contributed by atoms with Gasteiger partial charge in [-0.2, -0.15) is 0 Å². The lowest BCUT2D eigenvalue weighted by molar-refractivity contribution is -0.146. The van der Waals surface area contributed by atoms with Gasteiger partial charge in [-0.25, -0.2) is 0 Å². The highest BCUT2D eigenvalue weighted by Crippen LogP contribution is 2.28. The normalized spacial score (nSPS) is 11.5. The molecule has 4 heteroatoms. The van der Waals surface area contributed by atoms with Crippen LogP contribution in [0, 0.1) is 5.41 Å². The molecule has 0 amide bonds. The molecule has 0 aromatic heterocycles. The number of hydrogen-bond acceptors (Lipinski definition) is 2. The number of carboxylic acid groups (broad SMARTS) is 1. The summed E-state index contributed by atoms with van der Waals surface area (Å²) in [5.74, 6) is -0.766. The van der Waals surface area contributed by atoms with E-state index in [0.29, 0.717) is 6.42 Å². The molecule has 0 atom stereocenters. The fourth-order valence-electron chi connectivity index (χ4n) is 1.43. The van der Waals surface area contributed by atoms with E-state index in [1.54, 1.807) is 25.6 Å². The second-order valence-corrected chi connectivity index (χ2v) is 6.16. The number of hydrogen-bond donors (Lipinski definition) is 1. The van der Waals surface area contributed by atoms with Crippen molar-refractivity contribution >= 4 is 33.7 Å². The van der Waals surface area contributed by atoms with Gasteiger partial charge >= 0.3 is 5.97 Å². The van der Waals surface area contributed by atoms with Gasteiger partial charge in [0.2, 0.25) is 0 Å². The van der Waals surface area contributed by atoms with Crippen molar-refractivity contribution in [3.63, 3.8) is 0 Å². The van der Waals surface area contributed by atoms with Crippen molar-refractivity contribution in [2.75, 3.05) is 6.26 Å². The van der Waals surface area contributed by atoms with Crippen LogP contribution in [0.2, 0.25) is 0 Å². The number of rotatable bonds is 4. The van der Waals surface area contributed by atoms with Crippen molar-refractivity contribution in [1.82, 2.24) is 0 Å². The Morgan fingerprint density at radius 3 is 2.56 bits per heavy atom. The Morgan fingerprint density at radius 2 is 2.06 bits per heavy atom. The van der Waals surface area contributed by atoms with Crippen molar-refractivity contribution in [3.05, 3.63) is 28.2 Å². The minimum absolute atomic E-state index is 0.537. The summed E-state index contributed by atoms with van der Waals surface area (Å²) in [5.41, 5.74) is 0.322. The lowest BCUT2D eigenvalue weighted by Gasteiger charge is -2.19. The molecule has 0 fully saturated rings. The molecule has 0 aliphatic heterocycles. The van der Waals surface area contributed by atoms with Gasteiger partial charge in [0.15, 0.2) is 0 Å². The molecular formula is C12H15BrO2S. The van der Waals surface area contributed by atoms with Gasteiger partial charge in [0.1, 0.15) is 0 Å². The summed E-state index contributed by atoms with van der Waals surface area (Å²) in [6.45, 7) is 3.49. The highest BCUT2D eigenvalue weighted by Gasteiger charge is 2.27. The van der Waals surface area contributed by atoms with E-state index in [-0.39, 0.29) is 0 Å². The summed E-state index contributed by atoms with van der Waals surface area (Å²) >= 11 is 5.09. The van der Waals surface area contributed by atoms with Gasteiger partial charge in [-0.1, -0.05) is 15.9 Å². The standard InChI is InChI=1S/C12H15BrO2S/c1-12(2,11(14)15)7-8-4-9(13)6-10(5-8)16-3/h4-6H,7H2,1-3H3,(H,14,15). The van der Waals surface area contributed by atoms with E-state index in [1.807, 2.05) is 24.5 Å². The summed E-state index contributed by atoms with van der Waals surface area (Å²) in [4.78, 5) is 12.2. The third kappa shape index (κ3) is 3.52. The summed E-state index contributed by atoms with van der Waals surface area (Å²) in [5, 5.41) is 9.08. The van der Waals surface area contributed by atoms with Crippen LogP contribution in [0.25, 0.3) is 0 Å². The maximum absolute atomic E-state index is 11.0. The van der Waals surface area contributed by atoms with Gasteiger partial charge < -0.3 is 5.11 Å². The van der Waals surface area contributed by atoms with Gasteiger partial charge in [-0.3, -0.25) is 4.79 Å². The fraction of sp³-hybridized carbons (Fsp3) is 0.417. The maximum atomic E-state index is 11.0. The number of halogens is 1. The Kier molecular flexibility index (Phi) is 4.44. The first kappa shape index (κ1) is 13.6. The highest BCUT2D eigenvalue weighted by atomic mass is 79.9. The van der Waals surface area contributed by atoms with Crippen LogP contribution in [0.5, 0.6) is 0 Å². The third-order valence-corrected chi connectivity index (χ3v) is 3.56. The Labute approximate surface area is 109 Å². The van der Waals surface area contributed by atoms with Crippen molar-refractivity contribution < 1.29 is 9.90 Å². The van der Waals surface area contributed by atoms with Crippen molar-refractivity contribution in [2.24, 2.45) is 5.41 Å². The molecule has 0 bridgehead atoms. The van der Waals surface area contributed by atoms with E-state index in [9.17, 15) is 4.79 Å². The molecule has 1 rings (SSSR count). The van der Waals surface area contributed by atoms with Gasteiger partial charge in [0.05, 0.1) is 5.41 Å². The van der Waals surface area contributed by atoms with E-state index in [1.165, 1.54) is 0 Å². The predicted molar refractivity (Wildman–Crippen MR) is 71.0 cm³/mol. The molecule has 0 spiro atoms. The van der Waals surface area contributed by atoms with Gasteiger partial charge in [0.25, 0.3) is 0 Å². The number of carbonyl (C=O) groups is 1. The largest absolute Gasteiger partial charge is 0.481 e. The molecular weight excluding hydrogens is 288 g/mol. The Morgan fingerprint density at radius 1 is 1.44 bits per heavy atom. The predicted octanol–water partition coefficient (Wildman–Crippen LogP) is 3.82.